The Balaban J connectivity index is 2.25. The Morgan fingerprint density at radius 3 is 2.00 bits per heavy atom. The average Bonchev–Trinajstić information content (AvgIpc) is 2.48. The highest BCUT2D eigenvalue weighted by Crippen LogP contribution is 2.30. The number of methoxy groups -OCH3 is 1. The molecule has 1 aliphatic rings. The van der Waals surface area contributed by atoms with Gasteiger partial charge in [0.2, 0.25) is 5.82 Å². The third kappa shape index (κ3) is 2.72. The molecule has 2 nitrogen and oxygen atoms in total. The van der Waals surface area contributed by atoms with Crippen molar-refractivity contribution in [2.75, 3.05) is 12.4 Å². The van der Waals surface area contributed by atoms with Gasteiger partial charge < -0.3 is 10.1 Å². The molecule has 20 heavy (non-hydrogen) atoms. The van der Waals surface area contributed by atoms with Crippen LogP contribution in [-0.4, -0.2) is 19.3 Å². The Morgan fingerprint density at radius 1 is 0.900 bits per heavy atom. The van der Waals surface area contributed by atoms with Gasteiger partial charge in [0.15, 0.2) is 23.3 Å². The van der Waals surface area contributed by atoms with Crippen LogP contribution in [0.3, 0.4) is 0 Å². The summed E-state index contributed by atoms with van der Waals surface area (Å²) in [6, 6.07) is -0.387. The van der Waals surface area contributed by atoms with Crippen LogP contribution in [0.4, 0.5) is 27.6 Å². The smallest absolute Gasteiger partial charge is 0.200 e. The van der Waals surface area contributed by atoms with Crippen molar-refractivity contribution in [1.82, 2.24) is 0 Å². The average molecular weight is 295 g/mol. The van der Waals surface area contributed by atoms with Gasteiger partial charge in [-0.05, 0) is 25.7 Å². The molecule has 2 atom stereocenters. The molecular formula is C13H14F5NO. The van der Waals surface area contributed by atoms with Crippen molar-refractivity contribution in [2.24, 2.45) is 0 Å². The van der Waals surface area contributed by atoms with E-state index >= 15 is 0 Å². The predicted octanol–water partition coefficient (Wildman–Crippen LogP) is 3.75. The Kier molecular flexibility index (Phi) is 4.47. The molecule has 1 saturated carbocycles. The van der Waals surface area contributed by atoms with E-state index in [1.54, 1.807) is 0 Å². The van der Waals surface area contributed by atoms with Crippen molar-refractivity contribution in [2.45, 2.75) is 37.8 Å². The van der Waals surface area contributed by atoms with E-state index in [1.807, 2.05) is 0 Å². The molecule has 1 aromatic carbocycles. The van der Waals surface area contributed by atoms with Crippen molar-refractivity contribution < 1.29 is 26.7 Å². The number of nitrogens with one attached hydrogen (secondary N) is 1. The number of anilines is 1. The molecule has 0 bridgehead atoms. The van der Waals surface area contributed by atoms with Crippen molar-refractivity contribution >= 4 is 5.69 Å². The number of ether oxygens (including phenoxy) is 1. The van der Waals surface area contributed by atoms with Crippen LogP contribution in [-0.2, 0) is 4.74 Å². The summed E-state index contributed by atoms with van der Waals surface area (Å²) in [5.41, 5.74) is -0.969. The first-order valence-corrected chi connectivity index (χ1v) is 6.26. The van der Waals surface area contributed by atoms with E-state index in [-0.39, 0.29) is 12.1 Å². The summed E-state index contributed by atoms with van der Waals surface area (Å²) >= 11 is 0. The molecule has 7 heteroatoms. The second kappa shape index (κ2) is 5.95. The largest absolute Gasteiger partial charge is 0.381 e. The summed E-state index contributed by atoms with van der Waals surface area (Å²) < 4.78 is 71.3. The molecule has 0 radical (unpaired) electrons. The Bertz CT molecular complexity index is 479. The molecule has 2 unspecified atom stereocenters. The lowest BCUT2D eigenvalue weighted by atomic mass is 9.92. The lowest BCUT2D eigenvalue weighted by Gasteiger charge is -2.29. The van der Waals surface area contributed by atoms with Gasteiger partial charge in [-0.15, -0.1) is 0 Å². The van der Waals surface area contributed by atoms with Gasteiger partial charge in [-0.3, -0.25) is 0 Å². The van der Waals surface area contributed by atoms with Crippen molar-refractivity contribution in [3.63, 3.8) is 0 Å². The lowest BCUT2D eigenvalue weighted by molar-refractivity contribution is 0.0668. The normalized spacial score (nSPS) is 22.9. The van der Waals surface area contributed by atoms with Crippen molar-refractivity contribution in [1.29, 1.82) is 0 Å². The van der Waals surface area contributed by atoms with E-state index in [4.69, 9.17) is 4.74 Å². The molecule has 0 heterocycles. The van der Waals surface area contributed by atoms with Crippen molar-refractivity contribution in [3.05, 3.63) is 29.1 Å². The zero-order valence-corrected chi connectivity index (χ0v) is 10.8. The summed E-state index contributed by atoms with van der Waals surface area (Å²) in [5.74, 6) is -9.69. The Labute approximate surface area is 112 Å². The van der Waals surface area contributed by atoms with Gasteiger partial charge in [-0.2, -0.15) is 0 Å². The highest BCUT2D eigenvalue weighted by Gasteiger charge is 2.29. The zero-order valence-electron chi connectivity index (χ0n) is 10.8. The highest BCUT2D eigenvalue weighted by molar-refractivity contribution is 5.48. The van der Waals surface area contributed by atoms with E-state index in [0.717, 1.165) is 12.8 Å². The van der Waals surface area contributed by atoms with Gasteiger partial charge in [-0.1, -0.05) is 0 Å². The molecule has 1 N–H and O–H groups in total. The molecule has 0 saturated heterocycles. The lowest BCUT2D eigenvalue weighted by Crippen LogP contribution is -2.32. The van der Waals surface area contributed by atoms with Gasteiger partial charge in [0.25, 0.3) is 0 Å². The van der Waals surface area contributed by atoms with E-state index in [1.165, 1.54) is 7.11 Å². The van der Waals surface area contributed by atoms with E-state index in [2.05, 4.69) is 5.32 Å². The van der Waals surface area contributed by atoms with Gasteiger partial charge >= 0.3 is 0 Å². The summed E-state index contributed by atoms with van der Waals surface area (Å²) in [6.07, 6.45) is 2.52. The molecule has 1 fully saturated rings. The molecule has 1 aliphatic carbocycles. The highest BCUT2D eigenvalue weighted by atomic mass is 19.2. The van der Waals surface area contributed by atoms with Crippen LogP contribution < -0.4 is 5.32 Å². The maximum Gasteiger partial charge on any atom is 0.200 e. The molecule has 0 spiro atoms. The van der Waals surface area contributed by atoms with Gasteiger partial charge in [0.1, 0.15) is 5.69 Å². The minimum absolute atomic E-state index is 0.0810. The predicted molar refractivity (Wildman–Crippen MR) is 62.9 cm³/mol. The second-order valence-electron chi connectivity index (χ2n) is 4.81. The van der Waals surface area contributed by atoms with E-state index < -0.39 is 34.8 Å². The van der Waals surface area contributed by atoms with Gasteiger partial charge in [0, 0.05) is 13.2 Å². The van der Waals surface area contributed by atoms with Crippen LogP contribution in [0.1, 0.15) is 25.7 Å². The fourth-order valence-corrected chi connectivity index (χ4v) is 2.43. The fraction of sp³-hybridized carbons (Fsp3) is 0.538. The second-order valence-corrected chi connectivity index (χ2v) is 4.81. The maximum atomic E-state index is 13.5. The van der Waals surface area contributed by atoms with Gasteiger partial charge in [-0.25, -0.2) is 22.0 Å². The summed E-state index contributed by atoms with van der Waals surface area (Å²) in [4.78, 5) is 0. The van der Waals surface area contributed by atoms with Crippen LogP contribution in [0, 0.1) is 29.1 Å². The molecule has 0 aromatic heterocycles. The third-order valence-corrected chi connectivity index (χ3v) is 3.52. The van der Waals surface area contributed by atoms with Crippen LogP contribution in [0.25, 0.3) is 0 Å². The number of hydrogen-bond acceptors (Lipinski definition) is 2. The molecule has 2 rings (SSSR count). The van der Waals surface area contributed by atoms with Crippen LogP contribution in [0.15, 0.2) is 0 Å². The fourth-order valence-electron chi connectivity index (χ4n) is 2.43. The molecule has 112 valence electrons. The first kappa shape index (κ1) is 15.0. The first-order valence-electron chi connectivity index (χ1n) is 6.26. The summed E-state index contributed by atoms with van der Waals surface area (Å²) in [6.45, 7) is 0. The number of hydrogen-bond donors (Lipinski definition) is 1. The van der Waals surface area contributed by atoms with Crippen LogP contribution in [0.5, 0.6) is 0 Å². The van der Waals surface area contributed by atoms with Crippen molar-refractivity contribution in [3.8, 4) is 0 Å². The van der Waals surface area contributed by atoms with Crippen LogP contribution >= 0.6 is 0 Å². The topological polar surface area (TPSA) is 21.3 Å². The number of benzene rings is 1. The Morgan fingerprint density at radius 2 is 1.45 bits per heavy atom. The number of halogens is 5. The minimum atomic E-state index is -2.15. The van der Waals surface area contributed by atoms with E-state index in [9.17, 15) is 22.0 Å². The molecular weight excluding hydrogens is 281 g/mol. The summed E-state index contributed by atoms with van der Waals surface area (Å²) in [7, 11) is 1.52. The molecule has 1 aromatic rings. The van der Waals surface area contributed by atoms with Crippen LogP contribution in [0.2, 0.25) is 0 Å². The monoisotopic (exact) mass is 295 g/mol. The number of rotatable bonds is 3. The quantitative estimate of drug-likeness (QED) is 0.521. The Hall–Kier alpha value is -1.37. The minimum Gasteiger partial charge on any atom is -0.381 e. The maximum absolute atomic E-state index is 13.5. The molecule has 0 aliphatic heterocycles. The SMILES string of the molecule is COC1CCCC(Nc2c(F)c(F)c(F)c(F)c2F)C1. The van der Waals surface area contributed by atoms with E-state index in [0.29, 0.717) is 12.8 Å². The third-order valence-electron chi connectivity index (χ3n) is 3.52. The van der Waals surface area contributed by atoms with Gasteiger partial charge in [0.05, 0.1) is 6.10 Å². The molecule has 0 amide bonds. The first-order chi connectivity index (χ1) is 9.45. The summed E-state index contributed by atoms with van der Waals surface area (Å²) in [5, 5.41) is 2.41. The zero-order chi connectivity index (χ0) is 14.9. The standard InChI is InChI=1S/C13H14F5NO/c1-20-7-4-2-3-6(5-7)19-13-11(17)9(15)8(14)10(16)12(13)18/h6-7,19H,2-5H2,1H3.